The van der Waals surface area contributed by atoms with E-state index in [0.717, 1.165) is 0 Å². The minimum Gasteiger partial charge on any atom is -0.472 e. The van der Waals surface area contributed by atoms with E-state index in [1.54, 1.807) is 0 Å². The number of Topliss-reactive ketones (excluding diaryl/α,β-unsaturated/α-hetero) is 1. The molecule has 0 bridgehead atoms. The van der Waals surface area contributed by atoms with Crippen molar-refractivity contribution in [1.82, 2.24) is 0 Å². The van der Waals surface area contributed by atoms with Gasteiger partial charge in [0.2, 0.25) is 6.29 Å². The Morgan fingerprint density at radius 2 is 2.33 bits per heavy atom. The number of fused-ring (bicyclic) bond motifs is 1. The Bertz CT molecular complexity index is 392. The molecule has 1 saturated carbocycles. The first-order valence-corrected chi connectivity index (χ1v) is 6.27. The summed E-state index contributed by atoms with van der Waals surface area (Å²) in [6.45, 7) is 1.94. The van der Waals surface area contributed by atoms with E-state index in [4.69, 9.17) is 21.1 Å². The van der Waals surface area contributed by atoms with E-state index in [1.165, 1.54) is 13.4 Å². The number of hydrogen-bond donors (Lipinski definition) is 0. The summed E-state index contributed by atoms with van der Waals surface area (Å²) < 4.78 is 15.3. The molecule has 0 N–H and O–H groups in total. The molecule has 0 saturated heterocycles. The number of hydrogen-bond acceptors (Lipinski definition) is 5. The van der Waals surface area contributed by atoms with Gasteiger partial charge in [0.05, 0.1) is 24.9 Å². The highest BCUT2D eigenvalue weighted by molar-refractivity contribution is 6.17. The lowest BCUT2D eigenvalue weighted by Crippen LogP contribution is -2.39. The Labute approximate surface area is 110 Å². The normalized spacial score (nSPS) is 34.6. The van der Waals surface area contributed by atoms with Crippen LogP contribution in [0.1, 0.15) is 13.3 Å². The summed E-state index contributed by atoms with van der Waals surface area (Å²) in [5, 5.41) is 0. The van der Waals surface area contributed by atoms with Gasteiger partial charge in [-0.05, 0) is 5.92 Å². The highest BCUT2D eigenvalue weighted by Gasteiger charge is 2.51. The van der Waals surface area contributed by atoms with Crippen LogP contribution < -0.4 is 0 Å². The van der Waals surface area contributed by atoms with E-state index in [0.29, 0.717) is 6.42 Å². The fourth-order valence-electron chi connectivity index (χ4n) is 2.74. The molecule has 0 aromatic heterocycles. The molecule has 100 valence electrons. The second kappa shape index (κ2) is 5.28. The fraction of sp³-hybridized carbons (Fsp3) is 0.667. The maximum absolute atomic E-state index is 12.0. The van der Waals surface area contributed by atoms with Gasteiger partial charge >= 0.3 is 5.97 Å². The molecule has 6 heteroatoms. The first-order chi connectivity index (χ1) is 8.60. The van der Waals surface area contributed by atoms with Crippen molar-refractivity contribution in [1.29, 1.82) is 0 Å². The van der Waals surface area contributed by atoms with Crippen LogP contribution in [-0.4, -0.2) is 31.2 Å². The third-order valence-electron chi connectivity index (χ3n) is 3.54. The van der Waals surface area contributed by atoms with Crippen LogP contribution in [0.2, 0.25) is 0 Å². The standard InChI is InChI=1S/C12H15ClO5/c1-6-3-8(14)10-7(11(15)16-2)4-17-12(9(6)10)18-5-13/h4,6,9-10,12H,3,5H2,1-2H3/t6-,9+,10-,12-/m0/s1. The second-order valence-corrected chi connectivity index (χ2v) is 4.77. The molecule has 0 aromatic carbocycles. The largest absolute Gasteiger partial charge is 0.472 e. The van der Waals surface area contributed by atoms with Gasteiger partial charge in [0.15, 0.2) is 0 Å². The van der Waals surface area contributed by atoms with Gasteiger partial charge < -0.3 is 14.2 Å². The molecule has 0 aromatic rings. The summed E-state index contributed by atoms with van der Waals surface area (Å²) in [4.78, 5) is 23.6. The van der Waals surface area contributed by atoms with Gasteiger partial charge in [0.1, 0.15) is 11.8 Å². The minimum absolute atomic E-state index is 0.0177. The maximum atomic E-state index is 12.0. The van der Waals surface area contributed by atoms with Gasteiger partial charge in [-0.1, -0.05) is 18.5 Å². The fourth-order valence-corrected chi connectivity index (χ4v) is 2.86. The average molecular weight is 275 g/mol. The quantitative estimate of drug-likeness (QED) is 0.576. The predicted molar refractivity (Wildman–Crippen MR) is 62.5 cm³/mol. The molecule has 0 radical (unpaired) electrons. The van der Waals surface area contributed by atoms with Gasteiger partial charge in [-0.15, -0.1) is 0 Å². The first kappa shape index (κ1) is 13.4. The van der Waals surface area contributed by atoms with Crippen molar-refractivity contribution in [3.05, 3.63) is 11.8 Å². The molecule has 2 aliphatic rings. The highest BCUT2D eigenvalue weighted by Crippen LogP contribution is 2.44. The molecular formula is C12H15ClO5. The van der Waals surface area contributed by atoms with E-state index in [1.807, 2.05) is 6.92 Å². The monoisotopic (exact) mass is 274 g/mol. The lowest BCUT2D eigenvalue weighted by atomic mass is 9.83. The predicted octanol–water partition coefficient (Wildman–Crippen LogP) is 1.45. The van der Waals surface area contributed by atoms with Crippen LogP contribution in [0.15, 0.2) is 11.8 Å². The minimum atomic E-state index is -0.581. The van der Waals surface area contributed by atoms with Gasteiger partial charge in [-0.3, -0.25) is 4.79 Å². The Morgan fingerprint density at radius 3 is 2.94 bits per heavy atom. The molecule has 5 nitrogen and oxygen atoms in total. The molecule has 1 aliphatic heterocycles. The van der Waals surface area contributed by atoms with Crippen LogP contribution in [0.3, 0.4) is 0 Å². The Kier molecular flexibility index (Phi) is 3.92. The van der Waals surface area contributed by atoms with Crippen molar-refractivity contribution in [2.24, 2.45) is 17.8 Å². The lowest BCUT2D eigenvalue weighted by Gasteiger charge is -2.33. The molecule has 0 unspecified atom stereocenters. The topological polar surface area (TPSA) is 61.8 Å². The zero-order chi connectivity index (χ0) is 13.3. The Morgan fingerprint density at radius 1 is 1.61 bits per heavy atom. The van der Waals surface area contributed by atoms with Gasteiger partial charge in [-0.25, -0.2) is 4.79 Å². The number of esters is 1. The van der Waals surface area contributed by atoms with Crippen LogP contribution in [-0.2, 0) is 23.8 Å². The molecule has 4 atom stereocenters. The van der Waals surface area contributed by atoms with Crippen molar-refractivity contribution in [3.8, 4) is 0 Å². The van der Waals surface area contributed by atoms with Crippen LogP contribution >= 0.6 is 11.6 Å². The smallest absolute Gasteiger partial charge is 0.337 e. The van der Waals surface area contributed by atoms with Crippen molar-refractivity contribution < 1.29 is 23.8 Å². The second-order valence-electron chi connectivity index (χ2n) is 4.55. The molecule has 0 spiro atoms. The average Bonchev–Trinajstić information content (AvgIpc) is 2.66. The van der Waals surface area contributed by atoms with Gasteiger partial charge in [-0.2, -0.15) is 0 Å². The zero-order valence-electron chi connectivity index (χ0n) is 10.2. The van der Waals surface area contributed by atoms with E-state index < -0.39 is 18.2 Å². The number of ketones is 1. The molecule has 1 aliphatic carbocycles. The molecule has 0 amide bonds. The SMILES string of the molecule is COC(=O)C1=CO[C@@H](OCCl)[C@H]2[C@@H]1C(=O)C[C@@H]2C. The number of rotatable bonds is 3. The number of alkyl halides is 1. The first-order valence-electron chi connectivity index (χ1n) is 5.74. The molecular weight excluding hydrogens is 260 g/mol. The third-order valence-corrected chi connectivity index (χ3v) is 3.66. The van der Waals surface area contributed by atoms with E-state index in [9.17, 15) is 9.59 Å². The van der Waals surface area contributed by atoms with Crippen molar-refractivity contribution in [3.63, 3.8) is 0 Å². The summed E-state index contributed by atoms with van der Waals surface area (Å²) in [6, 6.07) is -0.0177. The summed E-state index contributed by atoms with van der Waals surface area (Å²) in [7, 11) is 1.28. The number of carbonyl (C=O) groups excluding carboxylic acids is 2. The number of halogens is 1. The van der Waals surface area contributed by atoms with Crippen LogP contribution in [0.5, 0.6) is 0 Å². The van der Waals surface area contributed by atoms with E-state index in [2.05, 4.69) is 4.74 Å². The summed E-state index contributed by atoms with van der Waals surface area (Å²) in [5.74, 6) is -1.11. The zero-order valence-corrected chi connectivity index (χ0v) is 11.0. The van der Waals surface area contributed by atoms with Crippen LogP contribution in [0.4, 0.5) is 0 Å². The third kappa shape index (κ3) is 2.12. The van der Waals surface area contributed by atoms with Crippen molar-refractivity contribution in [2.45, 2.75) is 19.6 Å². The highest BCUT2D eigenvalue weighted by atomic mass is 35.5. The molecule has 18 heavy (non-hydrogen) atoms. The van der Waals surface area contributed by atoms with Crippen molar-refractivity contribution in [2.75, 3.05) is 13.2 Å². The van der Waals surface area contributed by atoms with Crippen LogP contribution in [0.25, 0.3) is 0 Å². The summed E-state index contributed by atoms with van der Waals surface area (Å²) in [5.41, 5.74) is 0.270. The van der Waals surface area contributed by atoms with Crippen LogP contribution in [0, 0.1) is 17.8 Å². The summed E-state index contributed by atoms with van der Waals surface area (Å²) in [6.07, 6.45) is 1.09. The number of carbonyl (C=O) groups is 2. The van der Waals surface area contributed by atoms with E-state index >= 15 is 0 Å². The molecule has 1 fully saturated rings. The Balaban J connectivity index is 2.31. The number of ether oxygens (including phenoxy) is 3. The van der Waals surface area contributed by atoms with E-state index in [-0.39, 0.29) is 29.3 Å². The lowest BCUT2D eigenvalue weighted by molar-refractivity contribution is -0.160. The maximum Gasteiger partial charge on any atom is 0.337 e. The van der Waals surface area contributed by atoms with Gasteiger partial charge in [0.25, 0.3) is 0 Å². The number of methoxy groups -OCH3 is 1. The van der Waals surface area contributed by atoms with Gasteiger partial charge in [0, 0.05) is 12.3 Å². The van der Waals surface area contributed by atoms with Crippen molar-refractivity contribution >= 4 is 23.4 Å². The molecule has 2 rings (SSSR count). The molecule has 1 heterocycles. The summed E-state index contributed by atoms with van der Waals surface area (Å²) >= 11 is 5.54. The Hall–Kier alpha value is -1.07.